The quantitative estimate of drug-likeness (QED) is 0.351. The summed E-state index contributed by atoms with van der Waals surface area (Å²) in [5.74, 6) is 1.32. The van der Waals surface area contributed by atoms with Crippen molar-refractivity contribution in [2.24, 2.45) is 0 Å². The number of hydrogen-bond acceptors (Lipinski definition) is 7. The van der Waals surface area contributed by atoms with Gasteiger partial charge in [-0.1, -0.05) is 23.7 Å². The lowest BCUT2D eigenvalue weighted by molar-refractivity contribution is -0.137. The predicted octanol–water partition coefficient (Wildman–Crippen LogP) is 4.58. The van der Waals surface area contributed by atoms with E-state index >= 15 is 0 Å². The molecule has 4 heterocycles. The van der Waals surface area contributed by atoms with Gasteiger partial charge in [-0.25, -0.2) is 4.98 Å². The number of rotatable bonds is 4. The van der Waals surface area contributed by atoms with Crippen molar-refractivity contribution in [1.82, 2.24) is 24.7 Å². The van der Waals surface area contributed by atoms with E-state index in [0.29, 0.717) is 22.4 Å². The van der Waals surface area contributed by atoms with Crippen molar-refractivity contribution in [1.29, 1.82) is 0 Å². The van der Waals surface area contributed by atoms with Gasteiger partial charge in [0.2, 0.25) is 5.95 Å². The Bertz CT molecular complexity index is 1720. The first-order valence-electron chi connectivity index (χ1n) is 11.0. The minimum atomic E-state index is -4.78. The van der Waals surface area contributed by atoms with E-state index in [4.69, 9.17) is 21.1 Å². The van der Waals surface area contributed by atoms with Gasteiger partial charge in [0.05, 0.1) is 40.3 Å². The summed E-state index contributed by atoms with van der Waals surface area (Å²) in [4.78, 5) is 22.1. The maximum absolute atomic E-state index is 13.9. The number of pyridine rings is 1. The minimum Gasteiger partial charge on any atom is -0.486 e. The predicted molar refractivity (Wildman–Crippen MR) is 130 cm³/mol. The fraction of sp³-hybridized carbons (Fsp3) is 0.167. The average molecular weight is 529 g/mol. The molecule has 1 aliphatic rings. The number of para-hydroxylation sites is 2. The standard InChI is InChI=1S/C24H16ClF3N6O3/c25-12-5-6-17(16(7-12)24(26,27)28)34-21-14(20-15(22(34)35)10-31-33-20)9-30-23(32-21)29-8-13-11-36-18-3-1-2-4-19(18)37-13/h1-7,9-10,13H,8,11H2,(H,31,33)(H,29,30,32). The third-order valence-electron chi connectivity index (χ3n) is 5.88. The van der Waals surface area contributed by atoms with Crippen molar-refractivity contribution in [3.05, 3.63) is 75.8 Å². The Morgan fingerprint density at radius 2 is 1.95 bits per heavy atom. The molecule has 1 unspecified atom stereocenters. The summed E-state index contributed by atoms with van der Waals surface area (Å²) in [6, 6.07) is 10.4. The van der Waals surface area contributed by atoms with Crippen LogP contribution in [0, 0.1) is 0 Å². The number of aromatic amines is 1. The van der Waals surface area contributed by atoms with Crippen molar-refractivity contribution in [3.63, 3.8) is 0 Å². The highest BCUT2D eigenvalue weighted by molar-refractivity contribution is 6.30. The van der Waals surface area contributed by atoms with Crippen molar-refractivity contribution in [2.45, 2.75) is 12.3 Å². The van der Waals surface area contributed by atoms with E-state index in [2.05, 4.69) is 25.5 Å². The van der Waals surface area contributed by atoms with E-state index in [1.165, 1.54) is 18.5 Å². The molecule has 2 N–H and O–H groups in total. The van der Waals surface area contributed by atoms with Gasteiger partial charge in [0.25, 0.3) is 5.56 Å². The minimum absolute atomic E-state index is 0.0433. The average Bonchev–Trinajstić information content (AvgIpc) is 3.38. The molecular weight excluding hydrogens is 513 g/mol. The number of nitrogens with zero attached hydrogens (tertiary/aromatic N) is 4. The zero-order valence-corrected chi connectivity index (χ0v) is 19.5. The number of nitrogens with one attached hydrogen (secondary N) is 2. The summed E-state index contributed by atoms with van der Waals surface area (Å²) in [6.45, 7) is 0.516. The normalized spacial score (nSPS) is 15.3. The van der Waals surface area contributed by atoms with Crippen LogP contribution in [-0.4, -0.2) is 44.0 Å². The molecule has 0 fully saturated rings. The van der Waals surface area contributed by atoms with Crippen LogP contribution in [0.4, 0.5) is 19.1 Å². The number of anilines is 1. The maximum Gasteiger partial charge on any atom is 0.418 e. The molecule has 5 aromatic rings. The monoisotopic (exact) mass is 528 g/mol. The largest absolute Gasteiger partial charge is 0.486 e. The molecule has 0 saturated carbocycles. The lowest BCUT2D eigenvalue weighted by atomic mass is 10.1. The summed E-state index contributed by atoms with van der Waals surface area (Å²) >= 11 is 5.86. The molecule has 0 radical (unpaired) electrons. The molecule has 9 nitrogen and oxygen atoms in total. The van der Waals surface area contributed by atoms with Gasteiger partial charge in [-0.3, -0.25) is 14.5 Å². The Kier molecular flexibility index (Phi) is 5.41. The van der Waals surface area contributed by atoms with Crippen LogP contribution in [0.5, 0.6) is 11.5 Å². The summed E-state index contributed by atoms with van der Waals surface area (Å²) in [7, 11) is 0. The lowest BCUT2D eigenvalue weighted by Crippen LogP contribution is -2.35. The third-order valence-corrected chi connectivity index (χ3v) is 6.12. The van der Waals surface area contributed by atoms with Crippen LogP contribution < -0.4 is 20.3 Å². The second kappa shape index (κ2) is 8.66. The topological polar surface area (TPSA) is 107 Å². The SMILES string of the molecule is O=c1c2cn[nH]c2c2cnc(NCC3COc4ccccc4O3)nc2n1-c1ccc(Cl)cc1C(F)(F)F. The molecule has 0 aliphatic carbocycles. The van der Waals surface area contributed by atoms with Crippen molar-refractivity contribution in [2.75, 3.05) is 18.5 Å². The Morgan fingerprint density at radius 3 is 2.76 bits per heavy atom. The molecule has 1 aliphatic heterocycles. The van der Waals surface area contributed by atoms with E-state index in [0.717, 1.165) is 16.7 Å². The van der Waals surface area contributed by atoms with Crippen molar-refractivity contribution >= 4 is 39.5 Å². The molecule has 37 heavy (non-hydrogen) atoms. The molecular formula is C24H16ClF3N6O3. The molecule has 0 saturated heterocycles. The van der Waals surface area contributed by atoms with E-state index in [9.17, 15) is 18.0 Å². The highest BCUT2D eigenvalue weighted by Crippen LogP contribution is 2.36. The third kappa shape index (κ3) is 4.08. The van der Waals surface area contributed by atoms with Crippen molar-refractivity contribution < 1.29 is 22.6 Å². The Balaban J connectivity index is 1.44. The van der Waals surface area contributed by atoms with Crippen LogP contribution in [0.3, 0.4) is 0 Å². The highest BCUT2D eigenvalue weighted by Gasteiger charge is 2.35. The number of alkyl halides is 3. The highest BCUT2D eigenvalue weighted by atomic mass is 35.5. The van der Waals surface area contributed by atoms with E-state index < -0.39 is 23.0 Å². The number of aromatic nitrogens is 5. The number of benzene rings is 2. The Labute approximate surface area is 210 Å². The maximum atomic E-state index is 13.9. The van der Waals surface area contributed by atoms with Crippen LogP contribution in [0.2, 0.25) is 5.02 Å². The molecule has 6 rings (SSSR count). The van der Waals surface area contributed by atoms with Crippen LogP contribution >= 0.6 is 11.6 Å². The fourth-order valence-electron chi connectivity index (χ4n) is 4.20. The number of fused-ring (bicyclic) bond motifs is 4. The molecule has 13 heteroatoms. The Morgan fingerprint density at radius 1 is 1.14 bits per heavy atom. The molecule has 0 amide bonds. The zero-order valence-electron chi connectivity index (χ0n) is 18.7. The van der Waals surface area contributed by atoms with Gasteiger partial charge < -0.3 is 14.8 Å². The van der Waals surface area contributed by atoms with Gasteiger partial charge >= 0.3 is 6.18 Å². The first-order valence-corrected chi connectivity index (χ1v) is 11.4. The van der Waals surface area contributed by atoms with Crippen molar-refractivity contribution in [3.8, 4) is 17.2 Å². The second-order valence-corrected chi connectivity index (χ2v) is 8.70. The molecule has 0 bridgehead atoms. The van der Waals surface area contributed by atoms with E-state index in [-0.39, 0.29) is 41.3 Å². The summed E-state index contributed by atoms with van der Waals surface area (Å²) < 4.78 is 54.4. The van der Waals surface area contributed by atoms with Gasteiger partial charge in [-0.05, 0) is 30.3 Å². The number of hydrogen-bond donors (Lipinski definition) is 2. The summed E-state index contributed by atoms with van der Waals surface area (Å²) in [5.41, 5.74) is -1.95. The fourth-order valence-corrected chi connectivity index (χ4v) is 4.37. The Hall–Kier alpha value is -4.32. The van der Waals surface area contributed by atoms with Crippen LogP contribution in [-0.2, 0) is 6.18 Å². The van der Waals surface area contributed by atoms with Crippen LogP contribution in [0.1, 0.15) is 5.56 Å². The number of ether oxygens (including phenoxy) is 2. The molecule has 188 valence electrons. The van der Waals surface area contributed by atoms with Gasteiger partial charge in [-0.15, -0.1) is 0 Å². The lowest BCUT2D eigenvalue weighted by Gasteiger charge is -2.26. The van der Waals surface area contributed by atoms with Gasteiger partial charge in [0.15, 0.2) is 17.1 Å². The van der Waals surface area contributed by atoms with E-state index in [1.807, 2.05) is 12.1 Å². The smallest absolute Gasteiger partial charge is 0.418 e. The molecule has 0 spiro atoms. The van der Waals surface area contributed by atoms with Crippen LogP contribution in [0.25, 0.3) is 27.6 Å². The van der Waals surface area contributed by atoms with Crippen LogP contribution in [0.15, 0.2) is 59.7 Å². The van der Waals surface area contributed by atoms with Gasteiger partial charge in [0.1, 0.15) is 12.7 Å². The first-order chi connectivity index (χ1) is 17.8. The number of halogens is 4. The van der Waals surface area contributed by atoms with E-state index in [1.54, 1.807) is 12.1 Å². The summed E-state index contributed by atoms with van der Waals surface area (Å²) in [5, 5.41) is 9.89. The number of H-pyrrole nitrogens is 1. The first kappa shape index (κ1) is 23.1. The zero-order chi connectivity index (χ0) is 25.7. The van der Waals surface area contributed by atoms with Gasteiger partial charge in [0, 0.05) is 11.2 Å². The molecule has 1 atom stereocenters. The molecule has 3 aromatic heterocycles. The van der Waals surface area contributed by atoms with Gasteiger partial charge in [-0.2, -0.15) is 23.3 Å². The molecule has 2 aromatic carbocycles. The second-order valence-electron chi connectivity index (χ2n) is 8.27. The summed E-state index contributed by atoms with van der Waals surface area (Å²) in [6.07, 6.45) is -2.49.